The number of rotatable bonds is 4. The highest BCUT2D eigenvalue weighted by Crippen LogP contribution is 2.37. The normalized spacial score (nSPS) is 26.0. The predicted molar refractivity (Wildman–Crippen MR) is 64.9 cm³/mol. The molecule has 0 saturated heterocycles. The Morgan fingerprint density at radius 3 is 3.20 bits per heavy atom. The average Bonchev–Trinajstić information content (AvgIpc) is 2.84. The second kappa shape index (κ2) is 5.03. The van der Waals surface area contributed by atoms with Crippen LogP contribution in [-0.2, 0) is 6.54 Å². The molecule has 15 heavy (non-hydrogen) atoms. The minimum Gasteiger partial charge on any atom is -0.330 e. The first-order valence-corrected chi connectivity index (χ1v) is 6.72. The first-order valence-electron chi connectivity index (χ1n) is 5.67. The number of hydrogen-bond donors (Lipinski definition) is 1. The van der Waals surface area contributed by atoms with E-state index in [-0.39, 0.29) is 0 Å². The van der Waals surface area contributed by atoms with Crippen LogP contribution in [0, 0.1) is 0 Å². The van der Waals surface area contributed by atoms with Crippen LogP contribution in [0.2, 0.25) is 0 Å². The van der Waals surface area contributed by atoms with Gasteiger partial charge in [0.15, 0.2) is 0 Å². The SMILES string of the molecule is CCSC1CCC(n2cncc2CN)C1. The van der Waals surface area contributed by atoms with E-state index in [1.165, 1.54) is 30.7 Å². The fourth-order valence-electron chi connectivity index (χ4n) is 2.38. The van der Waals surface area contributed by atoms with Gasteiger partial charge in [0.2, 0.25) is 0 Å². The van der Waals surface area contributed by atoms with E-state index in [1.807, 2.05) is 12.5 Å². The van der Waals surface area contributed by atoms with E-state index in [0.29, 0.717) is 12.6 Å². The summed E-state index contributed by atoms with van der Waals surface area (Å²) in [5.41, 5.74) is 6.86. The molecule has 0 bridgehead atoms. The van der Waals surface area contributed by atoms with E-state index >= 15 is 0 Å². The molecule has 2 unspecified atom stereocenters. The van der Waals surface area contributed by atoms with Crippen LogP contribution in [0.5, 0.6) is 0 Å². The molecule has 2 atom stereocenters. The highest BCUT2D eigenvalue weighted by Gasteiger charge is 2.26. The summed E-state index contributed by atoms with van der Waals surface area (Å²) < 4.78 is 2.27. The number of nitrogens with two attached hydrogens (primary N) is 1. The second-order valence-electron chi connectivity index (χ2n) is 4.04. The molecule has 0 aromatic carbocycles. The van der Waals surface area contributed by atoms with Gasteiger partial charge < -0.3 is 10.3 Å². The summed E-state index contributed by atoms with van der Waals surface area (Å²) in [5.74, 6) is 1.23. The molecule has 1 aliphatic rings. The van der Waals surface area contributed by atoms with E-state index in [4.69, 9.17) is 5.73 Å². The van der Waals surface area contributed by atoms with Crippen molar-refractivity contribution in [2.24, 2.45) is 5.73 Å². The van der Waals surface area contributed by atoms with Crippen LogP contribution < -0.4 is 5.73 Å². The fraction of sp³-hybridized carbons (Fsp3) is 0.727. The summed E-state index contributed by atoms with van der Waals surface area (Å²) in [6.45, 7) is 2.84. The van der Waals surface area contributed by atoms with Crippen molar-refractivity contribution in [2.75, 3.05) is 5.75 Å². The van der Waals surface area contributed by atoms with E-state index in [1.54, 1.807) is 0 Å². The molecule has 2 N–H and O–H groups in total. The van der Waals surface area contributed by atoms with Crippen molar-refractivity contribution in [1.82, 2.24) is 9.55 Å². The van der Waals surface area contributed by atoms with Crippen LogP contribution >= 0.6 is 11.8 Å². The lowest BCUT2D eigenvalue weighted by molar-refractivity contribution is 0.502. The summed E-state index contributed by atoms with van der Waals surface area (Å²) in [5, 5.41) is 0.841. The van der Waals surface area contributed by atoms with Crippen molar-refractivity contribution < 1.29 is 0 Å². The number of hydrogen-bond acceptors (Lipinski definition) is 3. The molecular weight excluding hydrogens is 206 g/mol. The number of aromatic nitrogens is 2. The van der Waals surface area contributed by atoms with Crippen LogP contribution in [0.1, 0.15) is 37.9 Å². The Labute approximate surface area is 95.4 Å². The number of nitrogens with zero attached hydrogens (tertiary/aromatic N) is 2. The van der Waals surface area contributed by atoms with Gasteiger partial charge in [0.25, 0.3) is 0 Å². The second-order valence-corrected chi connectivity index (χ2v) is 5.62. The van der Waals surface area contributed by atoms with Crippen LogP contribution in [0.3, 0.4) is 0 Å². The van der Waals surface area contributed by atoms with E-state index in [2.05, 4.69) is 28.2 Å². The summed E-state index contributed by atoms with van der Waals surface area (Å²) in [6, 6.07) is 0.634. The first-order chi connectivity index (χ1) is 7.35. The van der Waals surface area contributed by atoms with Crippen molar-refractivity contribution >= 4 is 11.8 Å². The maximum atomic E-state index is 5.69. The van der Waals surface area contributed by atoms with Gasteiger partial charge in [-0.3, -0.25) is 0 Å². The zero-order valence-electron chi connectivity index (χ0n) is 9.22. The van der Waals surface area contributed by atoms with Crippen molar-refractivity contribution in [2.45, 2.75) is 44.0 Å². The Bertz CT molecular complexity index is 311. The Kier molecular flexibility index (Phi) is 3.70. The maximum Gasteiger partial charge on any atom is 0.0951 e. The van der Waals surface area contributed by atoms with Gasteiger partial charge in [-0.2, -0.15) is 11.8 Å². The average molecular weight is 225 g/mol. The third-order valence-electron chi connectivity index (χ3n) is 3.11. The molecule has 0 radical (unpaired) electrons. The Morgan fingerprint density at radius 2 is 2.47 bits per heavy atom. The van der Waals surface area contributed by atoms with Crippen molar-refractivity contribution in [3.8, 4) is 0 Å². The lowest BCUT2D eigenvalue weighted by atomic mass is 10.2. The topological polar surface area (TPSA) is 43.8 Å². The van der Waals surface area contributed by atoms with Gasteiger partial charge in [-0.25, -0.2) is 4.98 Å². The fourth-order valence-corrected chi connectivity index (χ4v) is 3.51. The van der Waals surface area contributed by atoms with Crippen LogP contribution in [0.15, 0.2) is 12.5 Å². The molecule has 2 rings (SSSR count). The molecule has 1 saturated carbocycles. The smallest absolute Gasteiger partial charge is 0.0951 e. The molecule has 1 heterocycles. The molecule has 4 heteroatoms. The predicted octanol–water partition coefficient (Wildman–Crippen LogP) is 2.19. The van der Waals surface area contributed by atoms with Crippen LogP contribution in [-0.4, -0.2) is 20.6 Å². The maximum absolute atomic E-state index is 5.69. The molecule has 3 nitrogen and oxygen atoms in total. The minimum atomic E-state index is 0.599. The summed E-state index contributed by atoms with van der Waals surface area (Å²) in [6.07, 6.45) is 7.72. The minimum absolute atomic E-state index is 0.599. The summed E-state index contributed by atoms with van der Waals surface area (Å²) in [4.78, 5) is 4.18. The molecule has 84 valence electrons. The van der Waals surface area contributed by atoms with E-state index < -0.39 is 0 Å². The third kappa shape index (κ3) is 2.37. The van der Waals surface area contributed by atoms with Crippen molar-refractivity contribution in [3.05, 3.63) is 18.2 Å². The van der Waals surface area contributed by atoms with Gasteiger partial charge in [0.1, 0.15) is 0 Å². The van der Waals surface area contributed by atoms with Gasteiger partial charge in [0, 0.05) is 24.0 Å². The molecule has 1 aromatic heterocycles. The van der Waals surface area contributed by atoms with Crippen LogP contribution in [0.25, 0.3) is 0 Å². The van der Waals surface area contributed by atoms with E-state index in [9.17, 15) is 0 Å². The molecule has 0 aliphatic heterocycles. The van der Waals surface area contributed by atoms with E-state index in [0.717, 1.165) is 5.25 Å². The summed E-state index contributed by atoms with van der Waals surface area (Å²) in [7, 11) is 0. The summed E-state index contributed by atoms with van der Waals surface area (Å²) >= 11 is 2.09. The Morgan fingerprint density at radius 1 is 1.60 bits per heavy atom. The zero-order valence-corrected chi connectivity index (χ0v) is 10.0. The van der Waals surface area contributed by atoms with Gasteiger partial charge in [-0.1, -0.05) is 6.92 Å². The highest BCUT2D eigenvalue weighted by molar-refractivity contribution is 7.99. The lowest BCUT2D eigenvalue weighted by Gasteiger charge is -2.15. The van der Waals surface area contributed by atoms with Crippen molar-refractivity contribution in [3.63, 3.8) is 0 Å². The first kappa shape index (κ1) is 11.0. The van der Waals surface area contributed by atoms with Gasteiger partial charge in [-0.05, 0) is 25.0 Å². The molecular formula is C11H19N3S. The Hall–Kier alpha value is -0.480. The van der Waals surface area contributed by atoms with Gasteiger partial charge >= 0.3 is 0 Å². The largest absolute Gasteiger partial charge is 0.330 e. The highest BCUT2D eigenvalue weighted by atomic mass is 32.2. The van der Waals surface area contributed by atoms with Gasteiger partial charge in [-0.15, -0.1) is 0 Å². The van der Waals surface area contributed by atoms with Crippen LogP contribution in [0.4, 0.5) is 0 Å². The Balaban J connectivity index is 2.01. The number of imidazole rings is 1. The zero-order chi connectivity index (χ0) is 10.7. The quantitative estimate of drug-likeness (QED) is 0.854. The molecule has 1 aliphatic carbocycles. The third-order valence-corrected chi connectivity index (χ3v) is 4.34. The lowest BCUT2D eigenvalue weighted by Crippen LogP contribution is -2.11. The molecule has 0 amide bonds. The molecule has 1 aromatic rings. The molecule has 0 spiro atoms. The standard InChI is InChI=1S/C11H19N3S/c1-2-15-11-4-3-9(5-11)14-8-13-7-10(14)6-12/h7-9,11H,2-6,12H2,1H3. The number of thioether (sulfide) groups is 1. The monoisotopic (exact) mass is 225 g/mol. The van der Waals surface area contributed by atoms with Gasteiger partial charge in [0.05, 0.1) is 12.0 Å². The molecule has 1 fully saturated rings. The van der Waals surface area contributed by atoms with Crippen molar-refractivity contribution in [1.29, 1.82) is 0 Å².